The van der Waals surface area contributed by atoms with Gasteiger partial charge in [0.25, 0.3) is 5.91 Å². The summed E-state index contributed by atoms with van der Waals surface area (Å²) in [6, 6.07) is 0. The van der Waals surface area contributed by atoms with Gasteiger partial charge in [-0.3, -0.25) is 4.79 Å². The topological polar surface area (TPSA) is 32.3 Å². The number of piperidine rings is 1. The number of carbonyl (C=O) groups excluding carboxylic acids is 1. The summed E-state index contributed by atoms with van der Waals surface area (Å²) in [6.07, 6.45) is 0.616. The lowest BCUT2D eigenvalue weighted by Gasteiger charge is -2.33. The molecule has 1 aliphatic heterocycles. The number of amides is 1. The smallest absolute Gasteiger partial charge is 0.260 e. The number of nitrogens with one attached hydrogen (secondary N) is 1. The molecule has 0 saturated carbocycles. The number of alkyl halides is 1. The molecule has 1 N–H and O–H groups in total. The molecule has 0 radical (unpaired) electrons. The fraction of sp³-hybridized carbons (Fsp3) is 0.900. The quantitative estimate of drug-likeness (QED) is 0.739. The van der Waals surface area contributed by atoms with Gasteiger partial charge in [-0.25, -0.2) is 4.39 Å². The summed E-state index contributed by atoms with van der Waals surface area (Å²) in [5.74, 6) is -0.330. The summed E-state index contributed by atoms with van der Waals surface area (Å²) >= 11 is 0. The van der Waals surface area contributed by atoms with Gasteiger partial charge in [-0.2, -0.15) is 0 Å². The highest BCUT2D eigenvalue weighted by Crippen LogP contribution is 2.25. The zero-order valence-electron chi connectivity index (χ0n) is 8.98. The van der Waals surface area contributed by atoms with Crippen molar-refractivity contribution in [3.8, 4) is 0 Å². The molecule has 0 unspecified atom stereocenters. The van der Waals surface area contributed by atoms with E-state index in [1.54, 1.807) is 4.90 Å². The average molecular weight is 202 g/mol. The van der Waals surface area contributed by atoms with E-state index >= 15 is 0 Å². The van der Waals surface area contributed by atoms with Crippen molar-refractivity contribution in [2.75, 3.05) is 26.2 Å². The first-order valence-electron chi connectivity index (χ1n) is 5.33. The minimum absolute atomic E-state index is 0.308. The normalized spacial score (nSPS) is 20.5. The zero-order chi connectivity index (χ0) is 10.6. The molecule has 0 aliphatic carbocycles. The molecule has 0 aromatic heterocycles. The predicted octanol–water partition coefficient (Wildman–Crippen LogP) is 0.946. The van der Waals surface area contributed by atoms with E-state index in [9.17, 15) is 9.18 Å². The average Bonchev–Trinajstić information content (AvgIpc) is 2.20. The third-order valence-corrected chi connectivity index (χ3v) is 2.83. The first kappa shape index (κ1) is 11.4. The fourth-order valence-electron chi connectivity index (χ4n) is 1.83. The molecule has 1 amide bonds. The molecule has 4 heteroatoms. The van der Waals surface area contributed by atoms with Crippen molar-refractivity contribution in [1.82, 2.24) is 10.2 Å². The van der Waals surface area contributed by atoms with Gasteiger partial charge in [0.2, 0.25) is 0 Å². The predicted molar refractivity (Wildman–Crippen MR) is 53.9 cm³/mol. The molecule has 1 saturated heterocycles. The van der Waals surface area contributed by atoms with Crippen LogP contribution in [-0.2, 0) is 4.79 Å². The third kappa shape index (κ3) is 2.23. The fourth-order valence-corrected chi connectivity index (χ4v) is 1.83. The maximum Gasteiger partial charge on any atom is 0.260 e. The van der Waals surface area contributed by atoms with Crippen LogP contribution in [0.4, 0.5) is 4.39 Å². The molecule has 0 bridgehead atoms. The van der Waals surface area contributed by atoms with Crippen molar-refractivity contribution in [1.29, 1.82) is 0 Å². The van der Waals surface area contributed by atoms with Crippen molar-refractivity contribution in [3.05, 3.63) is 0 Å². The Labute approximate surface area is 84.7 Å². The molecule has 82 valence electrons. The zero-order valence-corrected chi connectivity index (χ0v) is 8.98. The van der Waals surface area contributed by atoms with Crippen LogP contribution < -0.4 is 5.32 Å². The molecule has 1 heterocycles. The van der Waals surface area contributed by atoms with Gasteiger partial charge in [-0.1, -0.05) is 0 Å². The minimum Gasteiger partial charge on any atom is -0.340 e. The van der Waals surface area contributed by atoms with Crippen LogP contribution in [0.25, 0.3) is 0 Å². The molecule has 3 nitrogen and oxygen atoms in total. The molecule has 0 spiro atoms. The van der Waals surface area contributed by atoms with Crippen LogP contribution in [0.15, 0.2) is 0 Å². The number of rotatable bonds is 3. The van der Waals surface area contributed by atoms with E-state index in [0.717, 1.165) is 0 Å². The Morgan fingerprint density at radius 3 is 2.29 bits per heavy atom. The van der Waals surface area contributed by atoms with E-state index in [4.69, 9.17) is 0 Å². The second-order valence-electron chi connectivity index (χ2n) is 3.69. The lowest BCUT2D eigenvalue weighted by atomic mass is 9.93. The summed E-state index contributed by atoms with van der Waals surface area (Å²) in [4.78, 5) is 13.4. The first-order valence-corrected chi connectivity index (χ1v) is 5.33. The Morgan fingerprint density at radius 2 is 1.86 bits per heavy atom. The van der Waals surface area contributed by atoms with E-state index in [1.807, 2.05) is 13.8 Å². The molecule has 1 fully saturated rings. The van der Waals surface area contributed by atoms with E-state index in [0.29, 0.717) is 39.0 Å². The Kier molecular flexibility index (Phi) is 3.86. The number of nitrogens with zero attached hydrogens (tertiary/aromatic N) is 1. The summed E-state index contributed by atoms with van der Waals surface area (Å²) in [7, 11) is 0. The highest BCUT2D eigenvalue weighted by molar-refractivity contribution is 5.85. The minimum atomic E-state index is -1.61. The largest absolute Gasteiger partial charge is 0.340 e. The molecule has 0 atom stereocenters. The first-order chi connectivity index (χ1) is 6.64. The maximum atomic E-state index is 14.2. The lowest BCUT2D eigenvalue weighted by molar-refractivity contribution is -0.145. The third-order valence-electron chi connectivity index (χ3n) is 2.83. The number of hydrogen-bond donors (Lipinski definition) is 1. The highest BCUT2D eigenvalue weighted by Gasteiger charge is 2.41. The van der Waals surface area contributed by atoms with Gasteiger partial charge in [0.05, 0.1) is 0 Å². The van der Waals surface area contributed by atoms with E-state index < -0.39 is 5.67 Å². The molecule has 1 rings (SSSR count). The number of carbonyl (C=O) groups is 1. The SMILES string of the molecule is CCN(CC)C(=O)C1(F)CCNCC1. The van der Waals surface area contributed by atoms with E-state index in [2.05, 4.69) is 5.32 Å². The number of halogens is 1. The van der Waals surface area contributed by atoms with Crippen LogP contribution in [0.2, 0.25) is 0 Å². The Morgan fingerprint density at radius 1 is 1.36 bits per heavy atom. The molecule has 0 aromatic carbocycles. The Bertz CT molecular complexity index is 198. The molecule has 14 heavy (non-hydrogen) atoms. The molecule has 1 aliphatic rings. The van der Waals surface area contributed by atoms with Crippen molar-refractivity contribution in [2.45, 2.75) is 32.4 Å². The van der Waals surface area contributed by atoms with Gasteiger partial charge in [-0.15, -0.1) is 0 Å². The van der Waals surface area contributed by atoms with Gasteiger partial charge < -0.3 is 10.2 Å². The van der Waals surface area contributed by atoms with Gasteiger partial charge in [-0.05, 0) is 26.9 Å². The van der Waals surface area contributed by atoms with Crippen molar-refractivity contribution < 1.29 is 9.18 Å². The van der Waals surface area contributed by atoms with Crippen molar-refractivity contribution in [3.63, 3.8) is 0 Å². The van der Waals surface area contributed by atoms with Gasteiger partial charge >= 0.3 is 0 Å². The van der Waals surface area contributed by atoms with Crippen LogP contribution in [-0.4, -0.2) is 42.7 Å². The second kappa shape index (κ2) is 4.73. The van der Waals surface area contributed by atoms with Crippen molar-refractivity contribution in [2.24, 2.45) is 0 Å². The van der Waals surface area contributed by atoms with Crippen LogP contribution in [0.1, 0.15) is 26.7 Å². The molecule has 0 aromatic rings. The Hall–Kier alpha value is -0.640. The van der Waals surface area contributed by atoms with Crippen LogP contribution in [0, 0.1) is 0 Å². The standard InChI is InChI=1S/C10H19FN2O/c1-3-13(4-2)9(14)10(11)5-7-12-8-6-10/h12H,3-8H2,1-2H3. The summed E-state index contributed by atoms with van der Waals surface area (Å²) in [5, 5.41) is 3.06. The number of hydrogen-bond acceptors (Lipinski definition) is 2. The molecular formula is C10H19FN2O. The van der Waals surface area contributed by atoms with Gasteiger partial charge in [0.15, 0.2) is 5.67 Å². The van der Waals surface area contributed by atoms with E-state index in [-0.39, 0.29) is 5.91 Å². The van der Waals surface area contributed by atoms with Gasteiger partial charge in [0, 0.05) is 25.9 Å². The summed E-state index contributed by atoms with van der Waals surface area (Å²) < 4.78 is 14.2. The lowest BCUT2D eigenvalue weighted by Crippen LogP contribution is -2.51. The maximum absolute atomic E-state index is 14.2. The van der Waals surface area contributed by atoms with Crippen LogP contribution >= 0.6 is 0 Å². The van der Waals surface area contributed by atoms with Gasteiger partial charge in [0.1, 0.15) is 0 Å². The highest BCUT2D eigenvalue weighted by atomic mass is 19.1. The van der Waals surface area contributed by atoms with Crippen LogP contribution in [0.5, 0.6) is 0 Å². The molecular weight excluding hydrogens is 183 g/mol. The monoisotopic (exact) mass is 202 g/mol. The second-order valence-corrected chi connectivity index (χ2v) is 3.69. The van der Waals surface area contributed by atoms with E-state index in [1.165, 1.54) is 0 Å². The van der Waals surface area contributed by atoms with Crippen molar-refractivity contribution >= 4 is 5.91 Å². The summed E-state index contributed by atoms with van der Waals surface area (Å²) in [5.41, 5.74) is -1.61. The van der Waals surface area contributed by atoms with Crippen LogP contribution in [0.3, 0.4) is 0 Å². The summed E-state index contributed by atoms with van der Waals surface area (Å²) in [6.45, 7) is 6.15. The Balaban J connectivity index is 2.64.